The zero-order chi connectivity index (χ0) is 17.4. The van der Waals surface area contributed by atoms with Crippen molar-refractivity contribution in [2.75, 3.05) is 18.0 Å². The highest BCUT2D eigenvalue weighted by atomic mass is 32.1. The van der Waals surface area contributed by atoms with E-state index in [-0.39, 0.29) is 0 Å². The Labute approximate surface area is 156 Å². The minimum atomic E-state index is 0.320. The lowest BCUT2D eigenvalue weighted by Gasteiger charge is -2.34. The van der Waals surface area contributed by atoms with Crippen LogP contribution < -0.4 is 10.2 Å². The van der Waals surface area contributed by atoms with E-state index in [0.717, 1.165) is 48.1 Å². The van der Waals surface area contributed by atoms with Crippen LogP contribution in [0.2, 0.25) is 0 Å². The summed E-state index contributed by atoms with van der Waals surface area (Å²) in [5.41, 5.74) is 1.11. The molecule has 0 amide bonds. The molecule has 0 saturated carbocycles. The molecule has 1 N–H and O–H groups in total. The third-order valence-corrected chi connectivity index (χ3v) is 6.66. The minimum Gasteiger partial charge on any atom is -0.356 e. The van der Waals surface area contributed by atoms with E-state index in [4.69, 9.17) is 4.98 Å². The molecule has 4 rings (SSSR count). The van der Waals surface area contributed by atoms with E-state index in [2.05, 4.69) is 50.9 Å². The van der Waals surface area contributed by atoms with Crippen molar-refractivity contribution < 1.29 is 0 Å². The predicted molar refractivity (Wildman–Crippen MR) is 106 cm³/mol. The summed E-state index contributed by atoms with van der Waals surface area (Å²) in [6.07, 6.45) is 2.26. The number of nitrogens with zero attached hydrogens (tertiary/aromatic N) is 4. The van der Waals surface area contributed by atoms with Crippen LogP contribution in [0.1, 0.15) is 42.3 Å². The van der Waals surface area contributed by atoms with Crippen LogP contribution in [-0.4, -0.2) is 34.1 Å². The van der Waals surface area contributed by atoms with Crippen molar-refractivity contribution in [1.29, 1.82) is 0 Å². The van der Waals surface area contributed by atoms with Gasteiger partial charge in [-0.25, -0.2) is 15.0 Å². The smallest absolute Gasteiger partial charge is 0.141 e. The molecule has 1 atom stereocenters. The number of hydrogen-bond acceptors (Lipinski definition) is 7. The van der Waals surface area contributed by atoms with Crippen molar-refractivity contribution in [1.82, 2.24) is 20.3 Å². The monoisotopic (exact) mass is 373 g/mol. The molecule has 25 heavy (non-hydrogen) atoms. The third kappa shape index (κ3) is 3.54. The molecule has 1 aliphatic rings. The van der Waals surface area contributed by atoms with E-state index in [1.54, 1.807) is 22.7 Å². The van der Waals surface area contributed by atoms with Gasteiger partial charge in [0.1, 0.15) is 21.5 Å². The highest BCUT2D eigenvalue weighted by Crippen LogP contribution is 2.30. The number of aromatic nitrogens is 3. The van der Waals surface area contributed by atoms with Crippen LogP contribution in [0.3, 0.4) is 0 Å². The van der Waals surface area contributed by atoms with Crippen LogP contribution in [0.15, 0.2) is 16.8 Å². The molecule has 132 valence electrons. The summed E-state index contributed by atoms with van der Waals surface area (Å²) < 4.78 is 0. The van der Waals surface area contributed by atoms with Gasteiger partial charge in [0, 0.05) is 30.2 Å². The van der Waals surface area contributed by atoms with Crippen molar-refractivity contribution in [2.24, 2.45) is 0 Å². The first-order valence-electron chi connectivity index (χ1n) is 8.75. The lowest BCUT2D eigenvalue weighted by molar-refractivity contribution is 0.379. The van der Waals surface area contributed by atoms with Gasteiger partial charge in [-0.1, -0.05) is 0 Å². The zero-order valence-electron chi connectivity index (χ0n) is 14.8. The topological polar surface area (TPSA) is 53.9 Å². The van der Waals surface area contributed by atoms with Crippen molar-refractivity contribution >= 4 is 38.7 Å². The first-order valence-corrected chi connectivity index (χ1v) is 10.5. The zero-order valence-corrected chi connectivity index (χ0v) is 16.5. The molecule has 3 aromatic heterocycles. The Balaban J connectivity index is 1.42. The molecular formula is C18H23N5S2. The number of piperidine rings is 1. The molecule has 0 bridgehead atoms. The van der Waals surface area contributed by atoms with Gasteiger partial charge in [0.15, 0.2) is 0 Å². The lowest BCUT2D eigenvalue weighted by atomic mass is 10.0. The van der Waals surface area contributed by atoms with Crippen LogP contribution >= 0.6 is 22.7 Å². The van der Waals surface area contributed by atoms with Gasteiger partial charge in [0.2, 0.25) is 0 Å². The second-order valence-electron chi connectivity index (χ2n) is 6.71. The quantitative estimate of drug-likeness (QED) is 0.747. The normalized spacial score (nSPS) is 17.3. The van der Waals surface area contributed by atoms with Gasteiger partial charge in [0.05, 0.1) is 11.4 Å². The molecule has 0 unspecified atom stereocenters. The van der Waals surface area contributed by atoms with E-state index >= 15 is 0 Å². The molecule has 0 aliphatic carbocycles. The Morgan fingerprint density at radius 1 is 1.16 bits per heavy atom. The fourth-order valence-corrected chi connectivity index (χ4v) is 5.06. The summed E-state index contributed by atoms with van der Waals surface area (Å²) in [7, 11) is 0. The summed E-state index contributed by atoms with van der Waals surface area (Å²) in [5.74, 6) is 1.96. The number of aryl methyl sites for hydroxylation is 2. The van der Waals surface area contributed by atoms with Gasteiger partial charge in [0.25, 0.3) is 0 Å². The van der Waals surface area contributed by atoms with Crippen LogP contribution in [0.25, 0.3) is 10.2 Å². The largest absolute Gasteiger partial charge is 0.356 e. The standard InChI is InChI=1S/C18H23N5S2/c1-11-10-25-17(19-11)12(2)20-14-4-7-23(8-5-14)16-15-6-9-24-18(15)22-13(3)21-16/h6,9-10,12,14,20H,4-5,7-8H2,1-3H3/t12-/m0/s1. The molecule has 5 nitrogen and oxygen atoms in total. The first-order chi connectivity index (χ1) is 12.1. The molecule has 0 spiro atoms. The molecule has 7 heteroatoms. The molecule has 1 saturated heterocycles. The predicted octanol–water partition coefficient (Wildman–Crippen LogP) is 4.08. The molecule has 4 heterocycles. The van der Waals surface area contributed by atoms with Gasteiger partial charge >= 0.3 is 0 Å². The van der Waals surface area contributed by atoms with Gasteiger partial charge < -0.3 is 10.2 Å². The molecule has 0 radical (unpaired) electrons. The van der Waals surface area contributed by atoms with E-state index < -0.39 is 0 Å². The number of rotatable bonds is 4. The first kappa shape index (κ1) is 16.9. The maximum atomic E-state index is 4.73. The van der Waals surface area contributed by atoms with Gasteiger partial charge in [-0.2, -0.15) is 0 Å². The third-order valence-electron chi connectivity index (χ3n) is 4.70. The van der Waals surface area contributed by atoms with Gasteiger partial charge in [-0.05, 0) is 45.1 Å². The summed E-state index contributed by atoms with van der Waals surface area (Å²) >= 11 is 3.44. The summed E-state index contributed by atoms with van der Waals surface area (Å²) in [5, 5.41) is 10.4. The maximum absolute atomic E-state index is 4.73. The second-order valence-corrected chi connectivity index (χ2v) is 8.49. The fourth-order valence-electron chi connectivity index (χ4n) is 3.44. The Hall–Kier alpha value is -1.57. The lowest BCUT2D eigenvalue weighted by Crippen LogP contribution is -2.43. The molecular weight excluding hydrogens is 350 g/mol. The molecule has 1 fully saturated rings. The number of thiophene rings is 1. The Kier molecular flexibility index (Phi) is 4.71. The Morgan fingerprint density at radius 2 is 1.96 bits per heavy atom. The van der Waals surface area contributed by atoms with Crippen LogP contribution in [0.4, 0.5) is 5.82 Å². The maximum Gasteiger partial charge on any atom is 0.141 e. The summed E-state index contributed by atoms with van der Waals surface area (Å²) in [4.78, 5) is 17.4. The van der Waals surface area contributed by atoms with Crippen molar-refractivity contribution in [3.05, 3.63) is 33.4 Å². The fraction of sp³-hybridized carbons (Fsp3) is 0.500. The Morgan fingerprint density at radius 3 is 2.68 bits per heavy atom. The highest BCUT2D eigenvalue weighted by Gasteiger charge is 2.24. The number of anilines is 1. The highest BCUT2D eigenvalue weighted by molar-refractivity contribution is 7.16. The van der Waals surface area contributed by atoms with Crippen LogP contribution in [-0.2, 0) is 0 Å². The van der Waals surface area contributed by atoms with Crippen LogP contribution in [0, 0.1) is 13.8 Å². The van der Waals surface area contributed by atoms with Crippen LogP contribution in [0.5, 0.6) is 0 Å². The molecule has 0 aromatic carbocycles. The van der Waals surface area contributed by atoms with E-state index in [1.165, 1.54) is 10.4 Å². The number of nitrogens with one attached hydrogen (secondary N) is 1. The SMILES string of the molecule is Cc1csc([C@H](C)NC2CCN(c3nc(C)nc4sccc34)CC2)n1. The van der Waals surface area contributed by atoms with Crippen molar-refractivity contribution in [3.8, 4) is 0 Å². The second kappa shape index (κ2) is 6.97. The summed E-state index contributed by atoms with van der Waals surface area (Å²) in [6, 6.07) is 3.00. The van der Waals surface area contributed by atoms with Crippen molar-refractivity contribution in [3.63, 3.8) is 0 Å². The van der Waals surface area contributed by atoms with Gasteiger partial charge in [-0.3, -0.25) is 0 Å². The number of fused-ring (bicyclic) bond motifs is 1. The van der Waals surface area contributed by atoms with Crippen molar-refractivity contribution in [2.45, 2.75) is 45.7 Å². The average Bonchev–Trinajstić information content (AvgIpc) is 3.23. The van der Waals surface area contributed by atoms with E-state index in [1.807, 2.05) is 6.92 Å². The number of hydrogen-bond donors (Lipinski definition) is 1. The van der Waals surface area contributed by atoms with E-state index in [0.29, 0.717) is 12.1 Å². The minimum absolute atomic E-state index is 0.320. The molecule has 3 aromatic rings. The average molecular weight is 374 g/mol. The molecule has 1 aliphatic heterocycles. The Bertz CT molecular complexity index is 863. The van der Waals surface area contributed by atoms with Gasteiger partial charge in [-0.15, -0.1) is 22.7 Å². The summed E-state index contributed by atoms with van der Waals surface area (Å²) in [6.45, 7) is 8.31. The number of thiazole rings is 1. The van der Waals surface area contributed by atoms with E-state index in [9.17, 15) is 0 Å².